The van der Waals surface area contributed by atoms with Gasteiger partial charge in [0.05, 0.1) is 20.8 Å². The molecule has 0 radical (unpaired) electrons. The molecule has 1 aliphatic rings. The number of nitro benzene ring substituents is 2. The van der Waals surface area contributed by atoms with Crippen LogP contribution in [0.5, 0.6) is 0 Å². The molecule has 1 heterocycles. The van der Waals surface area contributed by atoms with Gasteiger partial charge in [0.15, 0.2) is 4.32 Å². The number of carbonyl (C=O) groups is 1. The van der Waals surface area contributed by atoms with Gasteiger partial charge in [-0.25, -0.2) is 5.01 Å². The van der Waals surface area contributed by atoms with Crippen LogP contribution >= 0.6 is 24.0 Å². The largest absolute Gasteiger partial charge is 0.378 e. The standard InChI is InChI=1S/C18H15N5O5S2/c1-20(2)12-5-3-11(4-6-12)9-16-17(24)21(18(29)30-16)19-14-8-7-13(22(25)26)10-15(14)23(27)28/h3-10,19H,1-2H3/b16-9+. The fraction of sp³-hybridized carbons (Fsp3) is 0.111. The maximum atomic E-state index is 12.8. The number of hydrazine groups is 1. The SMILES string of the molecule is CN(C)c1ccc(/C=C2/SC(=S)N(Nc3ccc([N+](=O)[O-])cc3[N+](=O)[O-])C2=O)cc1. The van der Waals surface area contributed by atoms with Crippen LogP contribution in [0.4, 0.5) is 22.7 Å². The molecule has 0 bridgehead atoms. The first-order chi connectivity index (χ1) is 14.2. The first-order valence-corrected chi connectivity index (χ1v) is 9.64. The smallest absolute Gasteiger partial charge is 0.300 e. The van der Waals surface area contributed by atoms with Crippen LogP contribution in [0.15, 0.2) is 47.4 Å². The number of hydrogen-bond acceptors (Lipinski definition) is 9. The van der Waals surface area contributed by atoms with Crippen LogP contribution in [0.1, 0.15) is 5.56 Å². The molecule has 30 heavy (non-hydrogen) atoms. The van der Waals surface area contributed by atoms with Crippen molar-refractivity contribution in [1.82, 2.24) is 5.01 Å². The van der Waals surface area contributed by atoms with Gasteiger partial charge in [-0.1, -0.05) is 23.9 Å². The van der Waals surface area contributed by atoms with E-state index in [9.17, 15) is 25.0 Å². The predicted octanol–water partition coefficient (Wildman–Crippen LogP) is 3.80. The zero-order chi connectivity index (χ0) is 22.0. The van der Waals surface area contributed by atoms with Crippen molar-refractivity contribution in [2.45, 2.75) is 0 Å². The number of thiocarbonyl (C=S) groups is 1. The van der Waals surface area contributed by atoms with E-state index in [1.54, 1.807) is 6.08 Å². The van der Waals surface area contributed by atoms with Crippen LogP contribution in [-0.2, 0) is 4.79 Å². The molecular weight excluding hydrogens is 430 g/mol. The zero-order valence-electron chi connectivity index (χ0n) is 15.8. The van der Waals surface area contributed by atoms with Crippen LogP contribution < -0.4 is 10.3 Å². The Labute approximate surface area is 180 Å². The van der Waals surface area contributed by atoms with Gasteiger partial charge in [0.2, 0.25) is 0 Å². The molecule has 1 amide bonds. The lowest BCUT2D eigenvalue weighted by Crippen LogP contribution is -2.34. The molecule has 1 fully saturated rings. The number of anilines is 2. The van der Waals surface area contributed by atoms with E-state index in [1.165, 1.54) is 6.07 Å². The monoisotopic (exact) mass is 445 g/mol. The van der Waals surface area contributed by atoms with E-state index >= 15 is 0 Å². The van der Waals surface area contributed by atoms with Gasteiger partial charge in [-0.05, 0) is 42.1 Å². The van der Waals surface area contributed by atoms with E-state index in [2.05, 4.69) is 5.43 Å². The average molecular weight is 445 g/mol. The summed E-state index contributed by atoms with van der Waals surface area (Å²) in [5, 5.41) is 23.2. The maximum absolute atomic E-state index is 12.8. The van der Waals surface area contributed by atoms with Gasteiger partial charge in [0, 0.05) is 25.8 Å². The van der Waals surface area contributed by atoms with Gasteiger partial charge in [0.25, 0.3) is 11.6 Å². The number of nitrogens with one attached hydrogen (secondary N) is 1. The molecule has 154 valence electrons. The van der Waals surface area contributed by atoms with E-state index < -0.39 is 27.1 Å². The predicted molar refractivity (Wildman–Crippen MR) is 119 cm³/mol. The number of rotatable bonds is 6. The van der Waals surface area contributed by atoms with Gasteiger partial charge >= 0.3 is 5.69 Å². The van der Waals surface area contributed by atoms with Crippen molar-refractivity contribution in [3.63, 3.8) is 0 Å². The maximum Gasteiger partial charge on any atom is 0.300 e. The summed E-state index contributed by atoms with van der Waals surface area (Å²) in [5.74, 6) is -0.477. The number of non-ortho nitro benzene ring substituents is 1. The molecule has 10 nitrogen and oxygen atoms in total. The number of thioether (sulfide) groups is 1. The molecule has 2 aromatic carbocycles. The second kappa shape index (κ2) is 8.47. The molecular formula is C18H15N5O5S2. The summed E-state index contributed by atoms with van der Waals surface area (Å²) in [6, 6.07) is 10.6. The average Bonchev–Trinajstić information content (AvgIpc) is 2.95. The number of benzene rings is 2. The molecule has 12 heteroatoms. The fourth-order valence-electron chi connectivity index (χ4n) is 2.58. The van der Waals surface area contributed by atoms with Crippen LogP contribution in [0.3, 0.4) is 0 Å². The summed E-state index contributed by atoms with van der Waals surface area (Å²) < 4.78 is 0.156. The Morgan fingerprint density at radius 3 is 2.33 bits per heavy atom. The zero-order valence-corrected chi connectivity index (χ0v) is 17.4. The second-order valence-electron chi connectivity index (χ2n) is 6.33. The van der Waals surface area contributed by atoms with Crippen LogP contribution in [0.2, 0.25) is 0 Å². The molecule has 1 aliphatic heterocycles. The lowest BCUT2D eigenvalue weighted by molar-refractivity contribution is -0.393. The molecule has 3 rings (SSSR count). The Morgan fingerprint density at radius 2 is 1.77 bits per heavy atom. The van der Waals surface area contributed by atoms with Crippen molar-refractivity contribution < 1.29 is 14.6 Å². The van der Waals surface area contributed by atoms with Gasteiger partial charge in [-0.3, -0.25) is 30.4 Å². The second-order valence-corrected chi connectivity index (χ2v) is 8.01. The Balaban J connectivity index is 1.85. The summed E-state index contributed by atoms with van der Waals surface area (Å²) in [4.78, 5) is 35.7. The van der Waals surface area contributed by atoms with E-state index in [0.717, 1.165) is 40.2 Å². The van der Waals surface area contributed by atoms with Gasteiger partial charge in [0.1, 0.15) is 5.69 Å². The number of carbonyl (C=O) groups excluding carboxylic acids is 1. The summed E-state index contributed by atoms with van der Waals surface area (Å²) in [5.41, 5.74) is 3.35. The third-order valence-corrected chi connectivity index (χ3v) is 5.42. The summed E-state index contributed by atoms with van der Waals surface area (Å²) >= 11 is 6.27. The number of nitro groups is 2. The van der Waals surface area contributed by atoms with Crippen LogP contribution in [0, 0.1) is 20.2 Å². The van der Waals surface area contributed by atoms with Crippen molar-refractivity contribution in [2.75, 3.05) is 24.4 Å². The Hall–Kier alpha value is -3.51. The molecule has 0 aromatic heterocycles. The Kier molecular flexibility index (Phi) is 5.99. The van der Waals surface area contributed by atoms with E-state index in [-0.39, 0.29) is 10.0 Å². The Bertz CT molecular complexity index is 1080. The van der Waals surface area contributed by atoms with E-state index in [0.29, 0.717) is 4.91 Å². The van der Waals surface area contributed by atoms with Crippen molar-refractivity contribution >= 4 is 63.0 Å². The minimum Gasteiger partial charge on any atom is -0.378 e. The molecule has 1 N–H and O–H groups in total. The van der Waals surface area contributed by atoms with Crippen molar-refractivity contribution in [2.24, 2.45) is 0 Å². The lowest BCUT2D eigenvalue weighted by atomic mass is 10.2. The topological polar surface area (TPSA) is 122 Å². The highest BCUT2D eigenvalue weighted by atomic mass is 32.2. The third kappa shape index (κ3) is 4.39. The molecule has 2 aromatic rings. The lowest BCUT2D eigenvalue weighted by Gasteiger charge is -2.16. The van der Waals surface area contributed by atoms with Crippen molar-refractivity contribution in [3.05, 3.63) is 73.2 Å². The normalized spacial score (nSPS) is 14.9. The van der Waals surface area contributed by atoms with Crippen LogP contribution in [-0.4, -0.2) is 39.2 Å². The molecule has 0 atom stereocenters. The summed E-state index contributed by atoms with van der Waals surface area (Å²) in [6.07, 6.45) is 1.67. The van der Waals surface area contributed by atoms with Gasteiger partial charge < -0.3 is 4.90 Å². The summed E-state index contributed by atoms with van der Waals surface area (Å²) in [7, 11) is 3.84. The fourth-order valence-corrected chi connectivity index (χ4v) is 3.76. The number of nitrogens with zero attached hydrogens (tertiary/aromatic N) is 4. The minimum absolute atomic E-state index is 0.0847. The van der Waals surface area contributed by atoms with Gasteiger partial charge in [-0.15, -0.1) is 0 Å². The molecule has 0 spiro atoms. The highest BCUT2D eigenvalue weighted by Gasteiger charge is 2.34. The highest BCUT2D eigenvalue weighted by Crippen LogP contribution is 2.35. The van der Waals surface area contributed by atoms with E-state index in [1.807, 2.05) is 43.3 Å². The molecule has 1 saturated heterocycles. The van der Waals surface area contributed by atoms with Crippen LogP contribution in [0.25, 0.3) is 6.08 Å². The number of hydrogen-bond donors (Lipinski definition) is 1. The van der Waals surface area contributed by atoms with Crippen molar-refractivity contribution in [3.8, 4) is 0 Å². The summed E-state index contributed by atoms with van der Waals surface area (Å²) in [6.45, 7) is 0. The quantitative estimate of drug-likeness (QED) is 0.306. The first kappa shape index (κ1) is 21.2. The molecule has 0 unspecified atom stereocenters. The highest BCUT2D eigenvalue weighted by molar-refractivity contribution is 8.26. The van der Waals surface area contributed by atoms with Gasteiger partial charge in [-0.2, -0.15) is 0 Å². The first-order valence-electron chi connectivity index (χ1n) is 8.42. The third-order valence-electron chi connectivity index (χ3n) is 4.12. The number of amides is 1. The molecule has 0 saturated carbocycles. The van der Waals surface area contributed by atoms with E-state index in [4.69, 9.17) is 12.2 Å². The van der Waals surface area contributed by atoms with Crippen molar-refractivity contribution in [1.29, 1.82) is 0 Å². The Morgan fingerprint density at radius 1 is 1.10 bits per heavy atom. The minimum atomic E-state index is -0.769. The molecule has 0 aliphatic carbocycles.